The Morgan fingerprint density at radius 3 is 2.78 bits per heavy atom. The Kier molecular flexibility index (Phi) is 5.75. The molecule has 1 aromatic heterocycles. The molecule has 1 rings (SSSR count). The number of thiocarbonyl (C=S) groups is 1. The quantitative estimate of drug-likeness (QED) is 0.818. The Labute approximate surface area is 117 Å². The number of hydrogen-bond acceptors (Lipinski definition) is 3. The van der Waals surface area contributed by atoms with Crippen molar-refractivity contribution in [2.75, 3.05) is 18.0 Å². The maximum Gasteiger partial charge on any atom is 0.167 e. The van der Waals surface area contributed by atoms with Crippen LogP contribution in [-0.2, 0) is 0 Å². The minimum absolute atomic E-state index is 0.287. The summed E-state index contributed by atoms with van der Waals surface area (Å²) in [5, 5.41) is 0.287. The third-order valence-corrected chi connectivity index (χ3v) is 2.71. The second-order valence-corrected chi connectivity index (χ2v) is 5.48. The van der Waals surface area contributed by atoms with Crippen LogP contribution in [0.5, 0.6) is 0 Å². The molecule has 0 saturated heterocycles. The molecule has 6 heteroatoms. The zero-order chi connectivity index (χ0) is 13.7. The molecule has 1 aromatic rings. The van der Waals surface area contributed by atoms with Crippen LogP contribution >= 0.6 is 23.8 Å². The maximum atomic E-state index is 13.8. The molecule has 0 unspecified atom stereocenters. The Morgan fingerprint density at radius 2 is 2.28 bits per heavy atom. The van der Waals surface area contributed by atoms with E-state index in [1.165, 1.54) is 12.3 Å². The Balaban J connectivity index is 2.89. The van der Waals surface area contributed by atoms with Gasteiger partial charge in [0.15, 0.2) is 11.6 Å². The van der Waals surface area contributed by atoms with Gasteiger partial charge < -0.3 is 10.6 Å². The number of aromatic nitrogens is 1. The zero-order valence-corrected chi connectivity index (χ0v) is 12.1. The molecule has 0 saturated carbocycles. The van der Waals surface area contributed by atoms with Gasteiger partial charge in [-0.15, -0.1) is 0 Å². The van der Waals surface area contributed by atoms with Gasteiger partial charge in [-0.3, -0.25) is 0 Å². The molecule has 3 nitrogen and oxygen atoms in total. The molecule has 0 amide bonds. The smallest absolute Gasteiger partial charge is 0.167 e. The molecule has 0 spiro atoms. The SMILES string of the molecule is CC(C)CN(CCC(N)=S)c1ncc(Cl)cc1F. The van der Waals surface area contributed by atoms with Crippen LogP contribution in [0, 0.1) is 11.7 Å². The molecule has 0 atom stereocenters. The third kappa shape index (κ3) is 4.74. The average molecular weight is 290 g/mol. The number of anilines is 1. The van der Waals surface area contributed by atoms with Crippen molar-refractivity contribution < 1.29 is 4.39 Å². The number of hydrogen-bond donors (Lipinski definition) is 1. The first-order chi connectivity index (χ1) is 8.40. The Morgan fingerprint density at radius 1 is 1.61 bits per heavy atom. The summed E-state index contributed by atoms with van der Waals surface area (Å²) < 4.78 is 13.8. The van der Waals surface area contributed by atoms with Gasteiger partial charge in [0.05, 0.1) is 10.0 Å². The van der Waals surface area contributed by atoms with E-state index in [1.807, 2.05) is 4.90 Å². The lowest BCUT2D eigenvalue weighted by Gasteiger charge is -2.25. The molecule has 100 valence electrons. The highest BCUT2D eigenvalue weighted by Crippen LogP contribution is 2.20. The van der Waals surface area contributed by atoms with Crippen molar-refractivity contribution in [3.8, 4) is 0 Å². The van der Waals surface area contributed by atoms with Gasteiger partial charge in [-0.05, 0) is 12.0 Å². The summed E-state index contributed by atoms with van der Waals surface area (Å²) in [6, 6.07) is 1.26. The van der Waals surface area contributed by atoms with Crippen LogP contribution in [-0.4, -0.2) is 23.1 Å². The van der Waals surface area contributed by atoms with Crippen molar-refractivity contribution in [2.24, 2.45) is 11.7 Å². The zero-order valence-electron chi connectivity index (χ0n) is 10.5. The van der Waals surface area contributed by atoms with Gasteiger partial charge in [0.25, 0.3) is 0 Å². The first-order valence-corrected chi connectivity index (χ1v) is 6.53. The van der Waals surface area contributed by atoms with E-state index in [4.69, 9.17) is 29.6 Å². The third-order valence-electron chi connectivity index (χ3n) is 2.30. The Hall–Kier alpha value is -0.940. The van der Waals surface area contributed by atoms with E-state index < -0.39 is 5.82 Å². The van der Waals surface area contributed by atoms with Crippen molar-refractivity contribution in [2.45, 2.75) is 20.3 Å². The Bertz CT molecular complexity index is 426. The highest BCUT2D eigenvalue weighted by atomic mass is 35.5. The first-order valence-electron chi connectivity index (χ1n) is 5.74. The number of rotatable bonds is 6. The van der Waals surface area contributed by atoms with Crippen molar-refractivity contribution in [1.82, 2.24) is 4.98 Å². The van der Waals surface area contributed by atoms with E-state index in [0.717, 1.165) is 0 Å². The van der Waals surface area contributed by atoms with Crippen molar-refractivity contribution >= 4 is 34.6 Å². The predicted octanol–water partition coefficient (Wildman–Crippen LogP) is 3.01. The summed E-state index contributed by atoms with van der Waals surface area (Å²) in [5.74, 6) is 0.253. The molecule has 0 bridgehead atoms. The van der Waals surface area contributed by atoms with Crippen LogP contribution in [0.1, 0.15) is 20.3 Å². The van der Waals surface area contributed by atoms with Gasteiger partial charge >= 0.3 is 0 Å². The maximum absolute atomic E-state index is 13.8. The summed E-state index contributed by atoms with van der Waals surface area (Å²) >= 11 is 10.5. The molecule has 0 aliphatic rings. The highest BCUT2D eigenvalue weighted by Gasteiger charge is 2.15. The molecule has 0 fully saturated rings. The van der Waals surface area contributed by atoms with Gasteiger partial charge in [0.1, 0.15) is 0 Å². The van der Waals surface area contributed by atoms with Crippen LogP contribution in [0.4, 0.5) is 10.2 Å². The van der Waals surface area contributed by atoms with Crippen LogP contribution in [0.15, 0.2) is 12.3 Å². The molecule has 18 heavy (non-hydrogen) atoms. The van der Waals surface area contributed by atoms with Crippen molar-refractivity contribution in [3.05, 3.63) is 23.1 Å². The number of nitrogens with zero attached hydrogens (tertiary/aromatic N) is 2. The van der Waals surface area contributed by atoms with E-state index in [2.05, 4.69) is 18.8 Å². The fourth-order valence-corrected chi connectivity index (χ4v) is 1.85. The van der Waals surface area contributed by atoms with E-state index in [9.17, 15) is 4.39 Å². The van der Waals surface area contributed by atoms with Gasteiger partial charge in [-0.25, -0.2) is 9.37 Å². The predicted molar refractivity (Wildman–Crippen MR) is 77.7 cm³/mol. The molecule has 0 aliphatic heterocycles. The number of nitrogens with two attached hydrogens (primary N) is 1. The van der Waals surface area contributed by atoms with E-state index in [1.54, 1.807) is 0 Å². The van der Waals surface area contributed by atoms with Crippen LogP contribution in [0.2, 0.25) is 5.02 Å². The molecular formula is C12H17ClFN3S. The fourth-order valence-electron chi connectivity index (χ4n) is 1.61. The molecule has 1 heterocycles. The highest BCUT2D eigenvalue weighted by molar-refractivity contribution is 7.80. The summed E-state index contributed by atoms with van der Waals surface area (Å²) in [5.41, 5.74) is 5.48. The summed E-state index contributed by atoms with van der Waals surface area (Å²) in [7, 11) is 0. The lowest BCUT2D eigenvalue weighted by atomic mass is 10.2. The molecule has 0 radical (unpaired) electrons. The standard InChI is InChI=1S/C12H17ClFN3S/c1-8(2)7-17(4-3-11(15)18)12-10(14)5-9(13)6-16-12/h5-6,8H,3-4,7H2,1-2H3,(H2,15,18). The normalized spacial score (nSPS) is 10.7. The van der Waals surface area contributed by atoms with Crippen molar-refractivity contribution in [1.29, 1.82) is 0 Å². The lowest BCUT2D eigenvalue weighted by Crippen LogP contribution is -2.32. The van der Waals surface area contributed by atoms with Crippen LogP contribution in [0.3, 0.4) is 0 Å². The van der Waals surface area contributed by atoms with Gasteiger partial charge in [0, 0.05) is 25.7 Å². The molecule has 0 aliphatic carbocycles. The van der Waals surface area contributed by atoms with Crippen molar-refractivity contribution in [3.63, 3.8) is 0 Å². The van der Waals surface area contributed by atoms with Gasteiger partial charge in [0.2, 0.25) is 0 Å². The van der Waals surface area contributed by atoms with Gasteiger partial charge in [-0.2, -0.15) is 0 Å². The largest absolute Gasteiger partial charge is 0.393 e. The summed E-state index contributed by atoms with van der Waals surface area (Å²) in [6.07, 6.45) is 1.97. The van der Waals surface area contributed by atoms with Crippen LogP contribution < -0.4 is 10.6 Å². The fraction of sp³-hybridized carbons (Fsp3) is 0.500. The lowest BCUT2D eigenvalue weighted by molar-refractivity contribution is 0.575. The van der Waals surface area contributed by atoms with Crippen LogP contribution in [0.25, 0.3) is 0 Å². The number of pyridine rings is 1. The van der Waals surface area contributed by atoms with Gasteiger partial charge in [-0.1, -0.05) is 37.7 Å². The van der Waals surface area contributed by atoms with E-state index >= 15 is 0 Å². The minimum atomic E-state index is -0.425. The average Bonchev–Trinajstić information content (AvgIpc) is 2.24. The second kappa shape index (κ2) is 6.85. The monoisotopic (exact) mass is 289 g/mol. The molecule has 0 aromatic carbocycles. The molecular weight excluding hydrogens is 273 g/mol. The van der Waals surface area contributed by atoms with E-state index in [0.29, 0.717) is 36.2 Å². The summed E-state index contributed by atoms with van der Waals surface area (Å²) in [6.45, 7) is 5.36. The number of halogens is 2. The summed E-state index contributed by atoms with van der Waals surface area (Å²) in [4.78, 5) is 6.30. The minimum Gasteiger partial charge on any atom is -0.393 e. The first kappa shape index (κ1) is 15.1. The second-order valence-electron chi connectivity index (χ2n) is 4.52. The van der Waals surface area contributed by atoms with E-state index in [-0.39, 0.29) is 5.02 Å². The molecule has 2 N–H and O–H groups in total. The topological polar surface area (TPSA) is 42.1 Å².